The van der Waals surface area contributed by atoms with E-state index in [-0.39, 0.29) is 41.3 Å². The van der Waals surface area contributed by atoms with Crippen molar-refractivity contribution in [1.82, 2.24) is 15.2 Å². The molecule has 11 heteroatoms. The fourth-order valence-corrected chi connectivity index (χ4v) is 6.17. The Hall–Kier alpha value is -4.38. The van der Waals surface area contributed by atoms with Crippen molar-refractivity contribution in [2.45, 2.75) is 37.1 Å². The predicted molar refractivity (Wildman–Crippen MR) is 151 cm³/mol. The molecule has 0 bridgehead atoms. The lowest BCUT2D eigenvalue weighted by Gasteiger charge is -2.35. The zero-order chi connectivity index (χ0) is 27.8. The van der Waals surface area contributed by atoms with Crippen molar-refractivity contribution >= 4 is 51.8 Å². The number of benzene rings is 2. The Bertz CT molecular complexity index is 1650. The minimum atomic E-state index is -0.590. The predicted octanol–water partition coefficient (Wildman–Crippen LogP) is 4.39. The number of carbonyl (C=O) groups is 3. The lowest BCUT2D eigenvalue weighted by atomic mass is 9.91. The first kappa shape index (κ1) is 25.9. The zero-order valence-corrected chi connectivity index (χ0v) is 22.8. The number of aryl methyl sites for hydroxylation is 1. The van der Waals surface area contributed by atoms with Gasteiger partial charge >= 0.3 is 5.97 Å². The SMILES string of the molecule is CCOC(=O)c1cc2c(cc1C(=O)N(c1ccnc3ccc(OC)cc13)C1CCc3[nH]ncc3C1)NC(=O)CS2. The Morgan fingerprint density at radius 3 is 2.88 bits per heavy atom. The number of pyridine rings is 1. The van der Waals surface area contributed by atoms with Crippen LogP contribution in [0.1, 0.15) is 45.3 Å². The van der Waals surface area contributed by atoms with Crippen LogP contribution in [0.4, 0.5) is 11.4 Å². The minimum absolute atomic E-state index is 0.158. The number of esters is 1. The van der Waals surface area contributed by atoms with Crippen LogP contribution in [0, 0.1) is 0 Å². The van der Waals surface area contributed by atoms with Gasteiger partial charge in [-0.3, -0.25) is 19.7 Å². The lowest BCUT2D eigenvalue weighted by Crippen LogP contribution is -2.44. The van der Waals surface area contributed by atoms with Crippen molar-refractivity contribution in [2.75, 3.05) is 29.7 Å². The number of hydrogen-bond acceptors (Lipinski definition) is 8. The molecule has 2 aromatic carbocycles. The molecule has 0 radical (unpaired) electrons. The van der Waals surface area contributed by atoms with E-state index >= 15 is 0 Å². The Balaban J connectivity index is 1.54. The summed E-state index contributed by atoms with van der Waals surface area (Å²) in [6.45, 7) is 1.89. The topological polar surface area (TPSA) is 127 Å². The largest absolute Gasteiger partial charge is 0.497 e. The molecule has 0 fully saturated rings. The van der Waals surface area contributed by atoms with Gasteiger partial charge in [0.2, 0.25) is 5.91 Å². The van der Waals surface area contributed by atoms with Crippen LogP contribution in [0.5, 0.6) is 5.75 Å². The molecule has 2 N–H and O–H groups in total. The number of nitrogens with one attached hydrogen (secondary N) is 2. The van der Waals surface area contributed by atoms with Crippen molar-refractivity contribution in [3.63, 3.8) is 0 Å². The standard InChI is InChI=1S/C29H27N5O5S/c1-3-39-29(37)20-13-26-24(32-27(35)15-40-26)12-19(20)28(36)34(17-4-6-22-16(10-17)14-31-33-22)25-8-9-30-23-7-5-18(38-2)11-21(23)25/h5,7-9,11-14,17H,3-4,6,10,15H2,1-2H3,(H,31,33)(H,32,35). The average Bonchev–Trinajstić information content (AvgIpc) is 3.44. The Labute approximate surface area is 234 Å². The van der Waals surface area contributed by atoms with Crippen LogP contribution in [0.25, 0.3) is 10.9 Å². The van der Waals surface area contributed by atoms with Crippen molar-refractivity contribution in [2.24, 2.45) is 0 Å². The van der Waals surface area contributed by atoms with Gasteiger partial charge < -0.3 is 19.7 Å². The number of fused-ring (bicyclic) bond motifs is 3. The maximum Gasteiger partial charge on any atom is 0.338 e. The summed E-state index contributed by atoms with van der Waals surface area (Å²) in [6, 6.07) is 10.4. The van der Waals surface area contributed by atoms with Gasteiger partial charge in [0.1, 0.15) is 5.75 Å². The number of nitrogens with zero attached hydrogens (tertiary/aromatic N) is 3. The molecule has 0 saturated heterocycles. The van der Waals surface area contributed by atoms with Gasteiger partial charge in [0.05, 0.1) is 53.7 Å². The third kappa shape index (κ3) is 4.66. The van der Waals surface area contributed by atoms with Crippen molar-refractivity contribution < 1.29 is 23.9 Å². The smallest absolute Gasteiger partial charge is 0.338 e. The molecule has 1 aliphatic heterocycles. The average molecular weight is 558 g/mol. The van der Waals surface area contributed by atoms with E-state index in [1.165, 1.54) is 11.8 Å². The van der Waals surface area contributed by atoms with E-state index in [1.54, 1.807) is 43.5 Å². The maximum absolute atomic E-state index is 14.7. The second-order valence-corrected chi connectivity index (χ2v) is 10.6. The van der Waals surface area contributed by atoms with Gasteiger partial charge in [-0.1, -0.05) is 0 Å². The molecule has 0 spiro atoms. The number of H-pyrrole nitrogens is 1. The number of anilines is 2. The van der Waals surface area contributed by atoms with Crippen LogP contribution in [-0.2, 0) is 22.4 Å². The molecule has 4 aromatic rings. The van der Waals surface area contributed by atoms with Crippen molar-refractivity contribution in [3.05, 3.63) is 71.2 Å². The number of amides is 2. The van der Waals surface area contributed by atoms with Crippen LogP contribution < -0.4 is 15.0 Å². The second kappa shape index (κ2) is 10.6. The first-order chi connectivity index (χ1) is 19.5. The van der Waals surface area contributed by atoms with Gasteiger partial charge in [0, 0.05) is 28.2 Å². The molecular formula is C29H27N5O5S. The number of ether oxygens (including phenoxy) is 2. The van der Waals surface area contributed by atoms with E-state index in [2.05, 4.69) is 20.5 Å². The molecule has 2 amide bonds. The van der Waals surface area contributed by atoms with E-state index in [0.29, 0.717) is 40.4 Å². The summed E-state index contributed by atoms with van der Waals surface area (Å²) in [5, 5.41) is 10.8. The molecule has 6 rings (SSSR count). The molecule has 1 unspecified atom stereocenters. The van der Waals surface area contributed by atoms with Gasteiger partial charge in [-0.15, -0.1) is 11.8 Å². The monoisotopic (exact) mass is 557 g/mol. The van der Waals surface area contributed by atoms with Gasteiger partial charge in [0.15, 0.2) is 0 Å². The molecule has 40 heavy (non-hydrogen) atoms. The van der Waals surface area contributed by atoms with E-state index in [1.807, 2.05) is 24.3 Å². The highest BCUT2D eigenvalue weighted by Gasteiger charge is 2.35. The number of carbonyl (C=O) groups excluding carboxylic acids is 3. The number of aromatic nitrogens is 3. The van der Waals surface area contributed by atoms with Gasteiger partial charge in [-0.05, 0) is 68.1 Å². The number of thioether (sulfide) groups is 1. The fourth-order valence-electron chi connectivity index (χ4n) is 5.35. The normalized spacial score (nSPS) is 16.1. The van der Waals surface area contributed by atoms with Gasteiger partial charge in [-0.25, -0.2) is 4.79 Å². The molecule has 2 aromatic heterocycles. The molecule has 204 valence electrons. The molecule has 3 heterocycles. The zero-order valence-electron chi connectivity index (χ0n) is 22.0. The highest BCUT2D eigenvalue weighted by atomic mass is 32.2. The van der Waals surface area contributed by atoms with E-state index in [0.717, 1.165) is 23.1 Å². The van der Waals surface area contributed by atoms with Crippen LogP contribution in [0.2, 0.25) is 0 Å². The Morgan fingerprint density at radius 2 is 2.05 bits per heavy atom. The summed E-state index contributed by atoms with van der Waals surface area (Å²) < 4.78 is 10.8. The lowest BCUT2D eigenvalue weighted by molar-refractivity contribution is -0.113. The molecule has 1 atom stereocenters. The van der Waals surface area contributed by atoms with Gasteiger partial charge in [0.25, 0.3) is 5.91 Å². The van der Waals surface area contributed by atoms with Crippen molar-refractivity contribution in [3.8, 4) is 5.75 Å². The first-order valence-corrected chi connectivity index (χ1v) is 14.0. The van der Waals surface area contributed by atoms with Gasteiger partial charge in [-0.2, -0.15) is 5.10 Å². The fraction of sp³-hybridized carbons (Fsp3) is 0.276. The summed E-state index contributed by atoms with van der Waals surface area (Å²) in [5.41, 5.74) is 4.28. The van der Waals surface area contributed by atoms with Crippen molar-refractivity contribution in [1.29, 1.82) is 0 Å². The van der Waals surface area contributed by atoms with Crippen LogP contribution in [-0.4, -0.2) is 58.5 Å². The van der Waals surface area contributed by atoms with Crippen LogP contribution in [0.15, 0.2) is 53.7 Å². The Kier molecular flexibility index (Phi) is 6.89. The third-order valence-electron chi connectivity index (χ3n) is 7.24. The summed E-state index contributed by atoms with van der Waals surface area (Å²) >= 11 is 1.32. The number of aromatic amines is 1. The Morgan fingerprint density at radius 1 is 1.18 bits per heavy atom. The number of rotatable bonds is 6. The first-order valence-electron chi connectivity index (χ1n) is 13.0. The second-order valence-electron chi connectivity index (χ2n) is 9.61. The molecule has 1 aliphatic carbocycles. The van der Waals surface area contributed by atoms with E-state index in [4.69, 9.17) is 9.47 Å². The van der Waals surface area contributed by atoms with E-state index < -0.39 is 5.97 Å². The maximum atomic E-state index is 14.7. The summed E-state index contributed by atoms with van der Waals surface area (Å²) in [7, 11) is 1.59. The minimum Gasteiger partial charge on any atom is -0.497 e. The molecule has 10 nitrogen and oxygen atoms in total. The number of hydrogen-bond donors (Lipinski definition) is 2. The quantitative estimate of drug-likeness (QED) is 0.334. The van der Waals surface area contributed by atoms with E-state index in [9.17, 15) is 14.4 Å². The molecular weight excluding hydrogens is 530 g/mol. The summed E-state index contributed by atoms with van der Waals surface area (Å²) in [6.07, 6.45) is 5.45. The third-order valence-corrected chi connectivity index (χ3v) is 8.29. The van der Waals surface area contributed by atoms with Crippen LogP contribution >= 0.6 is 11.8 Å². The summed E-state index contributed by atoms with van der Waals surface area (Å²) in [5.74, 6) is -0.260. The highest BCUT2D eigenvalue weighted by Crippen LogP contribution is 2.38. The molecule has 2 aliphatic rings. The van der Waals surface area contributed by atoms with Crippen LogP contribution in [0.3, 0.4) is 0 Å². The molecule has 0 saturated carbocycles. The highest BCUT2D eigenvalue weighted by molar-refractivity contribution is 8.00. The summed E-state index contributed by atoms with van der Waals surface area (Å²) in [4.78, 5) is 47.0. The number of methoxy groups -OCH3 is 1.